The van der Waals surface area contributed by atoms with E-state index in [1.165, 1.54) is 13.2 Å². The fourth-order valence-electron chi connectivity index (χ4n) is 2.89. The smallest absolute Gasteiger partial charge is 0.349 e. The van der Waals surface area contributed by atoms with Crippen molar-refractivity contribution in [1.29, 1.82) is 0 Å². The van der Waals surface area contributed by atoms with Gasteiger partial charge in [0.15, 0.2) is 11.3 Å². The highest BCUT2D eigenvalue weighted by molar-refractivity contribution is 7.98. The average Bonchev–Trinajstić information content (AvgIpc) is 3.19. The number of carbonyl (C=O) groups is 1. The van der Waals surface area contributed by atoms with Gasteiger partial charge in [-0.05, 0) is 36.1 Å². The van der Waals surface area contributed by atoms with Gasteiger partial charge in [-0.2, -0.15) is 0 Å². The minimum absolute atomic E-state index is 0.0964. The van der Waals surface area contributed by atoms with E-state index in [2.05, 4.69) is 15.5 Å². The monoisotopic (exact) mass is 423 g/mol. The van der Waals surface area contributed by atoms with E-state index in [0.29, 0.717) is 23.4 Å². The van der Waals surface area contributed by atoms with Gasteiger partial charge >= 0.3 is 11.6 Å². The molecule has 0 spiro atoms. The fourth-order valence-corrected chi connectivity index (χ4v) is 3.30. The van der Waals surface area contributed by atoms with Crippen LogP contribution in [-0.4, -0.2) is 29.5 Å². The second-order valence-corrected chi connectivity index (χ2v) is 7.19. The summed E-state index contributed by atoms with van der Waals surface area (Å²) < 4.78 is 15.9. The molecule has 0 atom stereocenters. The Labute approximate surface area is 175 Å². The molecule has 4 aromatic rings. The van der Waals surface area contributed by atoms with Crippen LogP contribution in [0.1, 0.15) is 21.8 Å². The quantitative estimate of drug-likeness (QED) is 0.369. The van der Waals surface area contributed by atoms with Gasteiger partial charge in [-0.25, -0.2) is 4.79 Å². The SMILES string of the molecule is COc1cccc2cc(C(=O)Nc3nnc(Cc4ccc(SC)cc4)o3)c(=O)oc12. The van der Waals surface area contributed by atoms with E-state index in [1.54, 1.807) is 30.0 Å². The average molecular weight is 423 g/mol. The molecule has 0 aliphatic rings. The third-order valence-corrected chi connectivity index (χ3v) is 5.13. The molecule has 0 saturated carbocycles. The van der Waals surface area contributed by atoms with E-state index in [9.17, 15) is 9.59 Å². The summed E-state index contributed by atoms with van der Waals surface area (Å²) in [4.78, 5) is 26.0. The molecule has 0 fully saturated rings. The van der Waals surface area contributed by atoms with Gasteiger partial charge in [0.05, 0.1) is 13.5 Å². The fraction of sp³-hybridized carbons (Fsp3) is 0.143. The van der Waals surface area contributed by atoms with Gasteiger partial charge < -0.3 is 13.6 Å². The molecular weight excluding hydrogens is 406 g/mol. The molecule has 0 unspecified atom stereocenters. The number of nitrogens with zero attached hydrogens (tertiary/aromatic N) is 2. The van der Waals surface area contributed by atoms with Crippen LogP contribution in [-0.2, 0) is 6.42 Å². The maximum atomic E-state index is 12.5. The lowest BCUT2D eigenvalue weighted by Crippen LogP contribution is -2.20. The van der Waals surface area contributed by atoms with Crippen LogP contribution in [0.4, 0.5) is 6.01 Å². The number of anilines is 1. The molecule has 8 nitrogen and oxygen atoms in total. The van der Waals surface area contributed by atoms with Crippen LogP contribution in [0.2, 0.25) is 0 Å². The number of hydrogen-bond donors (Lipinski definition) is 1. The van der Waals surface area contributed by atoms with Crippen LogP contribution >= 0.6 is 11.8 Å². The first kappa shape index (κ1) is 19.7. The van der Waals surface area contributed by atoms with Gasteiger partial charge in [0.2, 0.25) is 5.89 Å². The molecule has 152 valence electrons. The van der Waals surface area contributed by atoms with Gasteiger partial charge in [-0.3, -0.25) is 10.1 Å². The Kier molecular flexibility index (Phi) is 5.53. The number of benzene rings is 2. The first-order valence-corrected chi connectivity index (χ1v) is 10.2. The first-order chi connectivity index (χ1) is 14.6. The van der Waals surface area contributed by atoms with Crippen molar-refractivity contribution in [2.45, 2.75) is 11.3 Å². The Morgan fingerprint density at radius 2 is 1.93 bits per heavy atom. The molecule has 0 radical (unpaired) electrons. The number of methoxy groups -OCH3 is 1. The third-order valence-electron chi connectivity index (χ3n) is 4.39. The Morgan fingerprint density at radius 1 is 1.13 bits per heavy atom. The van der Waals surface area contributed by atoms with E-state index < -0.39 is 11.5 Å². The molecular formula is C21H17N3O5S. The van der Waals surface area contributed by atoms with Crippen LogP contribution in [0.15, 0.2) is 67.1 Å². The maximum Gasteiger partial charge on any atom is 0.349 e. The number of rotatable bonds is 6. The summed E-state index contributed by atoms with van der Waals surface area (Å²) in [5.74, 6) is 0.0501. The number of para-hydroxylation sites is 1. The maximum absolute atomic E-state index is 12.5. The van der Waals surface area contributed by atoms with E-state index in [4.69, 9.17) is 13.6 Å². The Balaban J connectivity index is 1.51. The summed E-state index contributed by atoms with van der Waals surface area (Å²) in [5, 5.41) is 10.8. The number of fused-ring (bicyclic) bond motifs is 1. The first-order valence-electron chi connectivity index (χ1n) is 8.95. The summed E-state index contributed by atoms with van der Waals surface area (Å²) >= 11 is 1.66. The number of amides is 1. The second-order valence-electron chi connectivity index (χ2n) is 6.31. The van der Waals surface area contributed by atoms with Crippen LogP contribution in [0.5, 0.6) is 5.75 Å². The molecule has 30 heavy (non-hydrogen) atoms. The Bertz CT molecular complexity index is 1260. The number of nitrogens with one attached hydrogen (secondary N) is 1. The van der Waals surface area contributed by atoms with Crippen LogP contribution in [0, 0.1) is 0 Å². The van der Waals surface area contributed by atoms with Crippen molar-refractivity contribution in [3.8, 4) is 5.75 Å². The number of thioether (sulfide) groups is 1. The lowest BCUT2D eigenvalue weighted by atomic mass is 10.1. The summed E-state index contributed by atoms with van der Waals surface area (Å²) in [6.45, 7) is 0. The van der Waals surface area contributed by atoms with Crippen molar-refractivity contribution in [3.63, 3.8) is 0 Å². The van der Waals surface area contributed by atoms with Crippen molar-refractivity contribution in [2.75, 3.05) is 18.7 Å². The summed E-state index contributed by atoms with van der Waals surface area (Å²) in [5.41, 5.74) is 0.300. The van der Waals surface area contributed by atoms with Crippen LogP contribution in [0.3, 0.4) is 0 Å². The number of ether oxygens (including phenoxy) is 1. The molecule has 4 rings (SSSR count). The third kappa shape index (κ3) is 4.06. The van der Waals surface area contributed by atoms with Gasteiger partial charge in [0.25, 0.3) is 5.91 Å². The number of carbonyl (C=O) groups excluding carboxylic acids is 1. The molecule has 2 heterocycles. The summed E-state index contributed by atoms with van der Waals surface area (Å²) in [6.07, 6.45) is 2.43. The number of aromatic nitrogens is 2. The lowest BCUT2D eigenvalue weighted by molar-refractivity contribution is 0.102. The van der Waals surface area contributed by atoms with Gasteiger partial charge in [-0.1, -0.05) is 29.4 Å². The second kappa shape index (κ2) is 8.42. The van der Waals surface area contributed by atoms with Gasteiger partial charge in [0, 0.05) is 10.3 Å². The van der Waals surface area contributed by atoms with Crippen molar-refractivity contribution in [1.82, 2.24) is 10.2 Å². The minimum atomic E-state index is -0.793. The van der Waals surface area contributed by atoms with Crippen LogP contribution in [0.25, 0.3) is 11.0 Å². The lowest BCUT2D eigenvalue weighted by Gasteiger charge is -2.05. The molecule has 0 bridgehead atoms. The molecule has 2 aromatic carbocycles. The molecule has 0 aliphatic heterocycles. The number of hydrogen-bond acceptors (Lipinski definition) is 8. The summed E-state index contributed by atoms with van der Waals surface area (Å²) in [7, 11) is 1.47. The predicted octanol–water partition coefficient (Wildman–Crippen LogP) is 3.75. The molecule has 1 N–H and O–H groups in total. The standard InChI is InChI=1S/C21H17N3O5S/c1-27-16-5-3-4-13-11-15(20(26)29-18(13)16)19(25)22-21-24-23-17(28-21)10-12-6-8-14(30-2)9-7-12/h3-9,11H,10H2,1-2H3,(H,22,24,25). The van der Waals surface area contributed by atoms with Gasteiger partial charge in [0.1, 0.15) is 5.56 Å². The van der Waals surface area contributed by atoms with E-state index in [0.717, 1.165) is 10.5 Å². The van der Waals surface area contributed by atoms with E-state index in [-0.39, 0.29) is 17.2 Å². The normalized spacial score (nSPS) is 10.9. The zero-order valence-corrected chi connectivity index (χ0v) is 17.0. The molecule has 0 aliphatic carbocycles. The molecule has 9 heteroatoms. The minimum Gasteiger partial charge on any atom is -0.493 e. The highest BCUT2D eigenvalue weighted by Gasteiger charge is 2.18. The molecule has 1 amide bonds. The van der Waals surface area contributed by atoms with Crippen molar-refractivity contribution in [3.05, 3.63) is 76.0 Å². The van der Waals surface area contributed by atoms with Gasteiger partial charge in [-0.15, -0.1) is 16.9 Å². The Morgan fingerprint density at radius 3 is 2.67 bits per heavy atom. The van der Waals surface area contributed by atoms with Crippen molar-refractivity contribution < 1.29 is 18.4 Å². The molecule has 2 aromatic heterocycles. The Hall–Kier alpha value is -3.59. The molecule has 0 saturated heterocycles. The topological polar surface area (TPSA) is 107 Å². The zero-order valence-electron chi connectivity index (χ0n) is 16.2. The highest BCUT2D eigenvalue weighted by Crippen LogP contribution is 2.24. The van der Waals surface area contributed by atoms with E-state index in [1.807, 2.05) is 30.5 Å². The van der Waals surface area contributed by atoms with E-state index >= 15 is 0 Å². The largest absolute Gasteiger partial charge is 0.493 e. The van der Waals surface area contributed by atoms with Crippen LogP contribution < -0.4 is 15.7 Å². The highest BCUT2D eigenvalue weighted by atomic mass is 32.2. The summed E-state index contributed by atoms with van der Waals surface area (Å²) in [6, 6.07) is 14.4. The zero-order chi connectivity index (χ0) is 21.1. The van der Waals surface area contributed by atoms with Crippen molar-refractivity contribution >= 4 is 34.7 Å². The predicted molar refractivity (Wildman–Crippen MR) is 112 cm³/mol. The van der Waals surface area contributed by atoms with Crippen molar-refractivity contribution in [2.24, 2.45) is 0 Å².